The number of rotatable bonds is 25. The first kappa shape index (κ1) is 30.9. The Labute approximate surface area is 199 Å². The van der Waals surface area contributed by atoms with E-state index in [4.69, 9.17) is 9.84 Å². The van der Waals surface area contributed by atoms with Crippen molar-refractivity contribution in [1.82, 2.24) is 0 Å². The van der Waals surface area contributed by atoms with Crippen molar-refractivity contribution < 1.29 is 19.4 Å². The Morgan fingerprint density at radius 2 is 0.969 bits per heavy atom. The van der Waals surface area contributed by atoms with Crippen LogP contribution in [0.3, 0.4) is 0 Å². The lowest BCUT2D eigenvalue weighted by atomic mass is 10.0. The summed E-state index contributed by atoms with van der Waals surface area (Å²) in [6.07, 6.45) is 25.6. The molecule has 0 amide bonds. The van der Waals surface area contributed by atoms with Crippen LogP contribution in [0.1, 0.15) is 162 Å². The molecule has 0 radical (unpaired) electrons. The molecule has 0 aromatic carbocycles. The number of carboxylic acid groups (broad SMARTS) is 1. The molecule has 0 aliphatic rings. The van der Waals surface area contributed by atoms with Crippen LogP contribution in [0.5, 0.6) is 0 Å². The van der Waals surface area contributed by atoms with Crippen molar-refractivity contribution in [2.75, 3.05) is 0 Å². The molecule has 0 saturated carbocycles. The fourth-order valence-corrected chi connectivity index (χ4v) is 4.26. The number of esters is 1. The van der Waals surface area contributed by atoms with Gasteiger partial charge in [-0.3, -0.25) is 9.59 Å². The fourth-order valence-electron chi connectivity index (χ4n) is 4.26. The number of carboxylic acids is 1. The Morgan fingerprint density at radius 3 is 1.38 bits per heavy atom. The fraction of sp³-hybridized carbons (Fsp3) is 0.929. The minimum absolute atomic E-state index is 0.0700. The van der Waals surface area contributed by atoms with Gasteiger partial charge in [0.15, 0.2) is 0 Å². The standard InChI is InChI=1S/C28H54O4/c1-3-5-7-9-11-12-13-14-15-16-17-18-20-22-24-28(31)32-26(25-27(29)30)23-21-19-10-8-6-4-2/h26H,3-25H2,1-2H3,(H,29,30). The van der Waals surface area contributed by atoms with Crippen molar-refractivity contribution >= 4 is 11.9 Å². The molecule has 4 heteroatoms. The summed E-state index contributed by atoms with van der Waals surface area (Å²) in [5, 5.41) is 9.09. The normalized spacial score (nSPS) is 12.1. The van der Waals surface area contributed by atoms with Crippen LogP contribution in [0, 0.1) is 0 Å². The lowest BCUT2D eigenvalue weighted by Gasteiger charge is -2.16. The van der Waals surface area contributed by atoms with Crippen molar-refractivity contribution in [1.29, 1.82) is 0 Å². The Morgan fingerprint density at radius 1 is 0.594 bits per heavy atom. The van der Waals surface area contributed by atoms with Crippen LogP contribution in [-0.4, -0.2) is 23.1 Å². The Bertz CT molecular complexity index is 422. The van der Waals surface area contributed by atoms with Gasteiger partial charge < -0.3 is 9.84 Å². The quantitative estimate of drug-likeness (QED) is 0.110. The largest absolute Gasteiger partial charge is 0.481 e. The summed E-state index contributed by atoms with van der Waals surface area (Å²) >= 11 is 0. The average molecular weight is 455 g/mol. The highest BCUT2D eigenvalue weighted by Crippen LogP contribution is 2.16. The molecule has 32 heavy (non-hydrogen) atoms. The number of ether oxygens (including phenoxy) is 1. The second kappa shape index (κ2) is 24.6. The molecule has 0 aliphatic carbocycles. The summed E-state index contributed by atoms with van der Waals surface area (Å²) in [7, 11) is 0. The van der Waals surface area contributed by atoms with Crippen molar-refractivity contribution in [2.24, 2.45) is 0 Å². The number of aliphatic carboxylic acids is 1. The smallest absolute Gasteiger partial charge is 0.307 e. The molecule has 1 N–H and O–H groups in total. The van der Waals surface area contributed by atoms with Gasteiger partial charge in [-0.2, -0.15) is 0 Å². The van der Waals surface area contributed by atoms with Crippen LogP contribution >= 0.6 is 0 Å². The molecular weight excluding hydrogens is 400 g/mol. The first-order valence-corrected chi connectivity index (χ1v) is 14.0. The van der Waals surface area contributed by atoms with Crippen molar-refractivity contribution in [3.05, 3.63) is 0 Å². The predicted octanol–water partition coefficient (Wildman–Crippen LogP) is 8.99. The maximum Gasteiger partial charge on any atom is 0.307 e. The monoisotopic (exact) mass is 454 g/mol. The van der Waals surface area contributed by atoms with E-state index in [1.165, 1.54) is 103 Å². The van der Waals surface area contributed by atoms with Gasteiger partial charge in [0.05, 0.1) is 6.42 Å². The maximum atomic E-state index is 12.1. The molecule has 190 valence electrons. The summed E-state index contributed by atoms with van der Waals surface area (Å²) in [5.41, 5.74) is 0. The van der Waals surface area contributed by atoms with Crippen molar-refractivity contribution in [3.63, 3.8) is 0 Å². The molecule has 0 bridgehead atoms. The summed E-state index contributed by atoms with van der Waals surface area (Å²) in [5.74, 6) is -1.11. The number of unbranched alkanes of at least 4 members (excludes halogenated alkanes) is 18. The molecular formula is C28H54O4. The molecule has 0 fully saturated rings. The molecule has 0 aliphatic heterocycles. The van der Waals surface area contributed by atoms with E-state index in [-0.39, 0.29) is 12.4 Å². The highest BCUT2D eigenvalue weighted by atomic mass is 16.5. The van der Waals surface area contributed by atoms with E-state index >= 15 is 0 Å². The maximum absolute atomic E-state index is 12.1. The summed E-state index contributed by atoms with van der Waals surface area (Å²) in [4.78, 5) is 23.2. The Hall–Kier alpha value is -1.06. The zero-order valence-electron chi connectivity index (χ0n) is 21.5. The number of carbonyl (C=O) groups excluding carboxylic acids is 1. The van der Waals surface area contributed by atoms with Gasteiger partial charge in [0, 0.05) is 6.42 Å². The lowest BCUT2D eigenvalue weighted by Crippen LogP contribution is -2.21. The third kappa shape index (κ3) is 23.6. The first-order chi connectivity index (χ1) is 15.6. The van der Waals surface area contributed by atoms with Crippen LogP contribution in [-0.2, 0) is 14.3 Å². The van der Waals surface area contributed by atoms with Gasteiger partial charge in [0.1, 0.15) is 6.10 Å². The zero-order valence-corrected chi connectivity index (χ0v) is 21.5. The van der Waals surface area contributed by atoms with Crippen LogP contribution in [0.15, 0.2) is 0 Å². The average Bonchev–Trinajstić information content (AvgIpc) is 2.76. The van der Waals surface area contributed by atoms with Crippen LogP contribution in [0.4, 0.5) is 0 Å². The van der Waals surface area contributed by atoms with E-state index in [0.717, 1.165) is 25.7 Å². The molecule has 1 atom stereocenters. The summed E-state index contributed by atoms with van der Waals surface area (Å²) in [6.45, 7) is 4.46. The van der Waals surface area contributed by atoms with E-state index in [9.17, 15) is 9.59 Å². The van der Waals surface area contributed by atoms with E-state index in [1.807, 2.05) is 0 Å². The second-order valence-electron chi connectivity index (χ2n) is 9.61. The molecule has 0 aromatic heterocycles. The first-order valence-electron chi connectivity index (χ1n) is 14.0. The number of carbonyl (C=O) groups is 2. The molecule has 1 unspecified atom stereocenters. The van der Waals surface area contributed by atoms with Gasteiger partial charge in [-0.05, 0) is 19.3 Å². The molecule has 4 nitrogen and oxygen atoms in total. The minimum Gasteiger partial charge on any atom is -0.481 e. The van der Waals surface area contributed by atoms with Crippen LogP contribution in [0.2, 0.25) is 0 Å². The molecule has 0 aromatic rings. The molecule has 0 rings (SSSR count). The number of hydrogen-bond acceptors (Lipinski definition) is 3. The van der Waals surface area contributed by atoms with Gasteiger partial charge in [0.2, 0.25) is 0 Å². The SMILES string of the molecule is CCCCCCCCCCCCCCCCC(=O)OC(CCCCCCCC)CC(=O)O. The summed E-state index contributed by atoms with van der Waals surface area (Å²) < 4.78 is 5.48. The van der Waals surface area contributed by atoms with Crippen molar-refractivity contribution in [2.45, 2.75) is 168 Å². The number of hydrogen-bond donors (Lipinski definition) is 1. The van der Waals surface area contributed by atoms with Gasteiger partial charge in [-0.1, -0.05) is 129 Å². The van der Waals surface area contributed by atoms with Gasteiger partial charge in [-0.15, -0.1) is 0 Å². The summed E-state index contributed by atoms with van der Waals surface area (Å²) in [6, 6.07) is 0. The van der Waals surface area contributed by atoms with Crippen LogP contribution in [0.25, 0.3) is 0 Å². The van der Waals surface area contributed by atoms with Crippen molar-refractivity contribution in [3.8, 4) is 0 Å². The van der Waals surface area contributed by atoms with E-state index in [1.54, 1.807) is 0 Å². The molecule has 0 spiro atoms. The predicted molar refractivity (Wildman–Crippen MR) is 135 cm³/mol. The van der Waals surface area contributed by atoms with Crippen LogP contribution < -0.4 is 0 Å². The zero-order chi connectivity index (χ0) is 23.7. The van der Waals surface area contributed by atoms with Gasteiger partial charge in [-0.25, -0.2) is 0 Å². The highest BCUT2D eigenvalue weighted by Gasteiger charge is 2.17. The second-order valence-corrected chi connectivity index (χ2v) is 9.61. The van der Waals surface area contributed by atoms with E-state index < -0.39 is 12.1 Å². The molecule has 0 saturated heterocycles. The third-order valence-electron chi connectivity index (χ3n) is 6.31. The van der Waals surface area contributed by atoms with E-state index in [2.05, 4.69) is 13.8 Å². The topological polar surface area (TPSA) is 63.6 Å². The minimum atomic E-state index is -0.884. The third-order valence-corrected chi connectivity index (χ3v) is 6.31. The molecule has 0 heterocycles. The lowest BCUT2D eigenvalue weighted by molar-refractivity contribution is -0.153. The van der Waals surface area contributed by atoms with Gasteiger partial charge >= 0.3 is 11.9 Å². The Balaban J connectivity index is 3.61. The highest BCUT2D eigenvalue weighted by molar-refractivity contribution is 5.71. The van der Waals surface area contributed by atoms with Gasteiger partial charge in [0.25, 0.3) is 0 Å². The van der Waals surface area contributed by atoms with E-state index in [0.29, 0.717) is 12.8 Å². The Kier molecular flexibility index (Phi) is 23.8.